The molecule has 0 saturated heterocycles. The highest BCUT2D eigenvalue weighted by molar-refractivity contribution is 5.95. The minimum atomic E-state index is -1.47. The van der Waals surface area contributed by atoms with Crippen LogP contribution in [0.3, 0.4) is 0 Å². The Bertz CT molecular complexity index is 589. The van der Waals surface area contributed by atoms with Crippen molar-refractivity contribution >= 4 is 5.91 Å². The van der Waals surface area contributed by atoms with Crippen LogP contribution in [-0.4, -0.2) is 67.2 Å². The fraction of sp³-hybridized carbons (Fsp3) is 0.333. The summed E-state index contributed by atoms with van der Waals surface area (Å²) < 4.78 is 0. The molecule has 1 heterocycles. The van der Waals surface area contributed by atoms with Crippen molar-refractivity contribution in [3.8, 4) is 11.4 Å². The second-order valence-electron chi connectivity index (χ2n) is 4.53. The maximum atomic E-state index is 12.2. The molecule has 0 aliphatic heterocycles. The molecule has 0 atom stereocenters. The summed E-state index contributed by atoms with van der Waals surface area (Å²) in [5.74, 6) is -0.208. The van der Waals surface area contributed by atoms with Gasteiger partial charge in [0, 0.05) is 11.1 Å². The van der Waals surface area contributed by atoms with Crippen LogP contribution >= 0.6 is 0 Å². The van der Waals surface area contributed by atoms with Crippen molar-refractivity contribution in [2.24, 2.45) is 0 Å². The van der Waals surface area contributed by atoms with Crippen molar-refractivity contribution in [3.05, 3.63) is 29.8 Å². The molecule has 21 heavy (non-hydrogen) atoms. The second kappa shape index (κ2) is 6.39. The number of aliphatic hydroxyl groups is 3. The number of H-pyrrole nitrogens is 1. The van der Waals surface area contributed by atoms with Gasteiger partial charge < -0.3 is 20.6 Å². The van der Waals surface area contributed by atoms with E-state index in [0.717, 1.165) is 0 Å². The predicted molar refractivity (Wildman–Crippen MR) is 71.1 cm³/mol. The molecule has 0 bridgehead atoms. The molecule has 112 valence electrons. The summed E-state index contributed by atoms with van der Waals surface area (Å²) in [7, 11) is 0. The van der Waals surface area contributed by atoms with Gasteiger partial charge >= 0.3 is 0 Å². The van der Waals surface area contributed by atoms with E-state index in [-0.39, 0.29) is 5.56 Å². The van der Waals surface area contributed by atoms with Crippen LogP contribution in [0.1, 0.15) is 10.4 Å². The minimum absolute atomic E-state index is 0.275. The van der Waals surface area contributed by atoms with Gasteiger partial charge in [0.05, 0.1) is 19.8 Å². The van der Waals surface area contributed by atoms with Gasteiger partial charge in [-0.25, -0.2) is 0 Å². The summed E-state index contributed by atoms with van der Waals surface area (Å²) in [6.07, 6.45) is 0. The molecule has 2 aromatic rings. The molecule has 9 nitrogen and oxygen atoms in total. The van der Waals surface area contributed by atoms with Crippen LogP contribution in [0.2, 0.25) is 0 Å². The minimum Gasteiger partial charge on any atom is -0.394 e. The smallest absolute Gasteiger partial charge is 0.251 e. The van der Waals surface area contributed by atoms with Crippen LogP contribution in [0.4, 0.5) is 0 Å². The van der Waals surface area contributed by atoms with Crippen LogP contribution < -0.4 is 5.32 Å². The largest absolute Gasteiger partial charge is 0.394 e. The first kappa shape index (κ1) is 15.0. The molecule has 1 aromatic carbocycles. The zero-order chi connectivity index (χ0) is 15.3. The zero-order valence-electron chi connectivity index (χ0n) is 11.0. The number of hydrogen-bond donors (Lipinski definition) is 5. The SMILES string of the molecule is O=C(NC(CO)(CO)CO)c1cccc(-c2nn[nH]n2)c1. The van der Waals surface area contributed by atoms with Crippen molar-refractivity contribution in [2.45, 2.75) is 5.54 Å². The number of nitrogens with one attached hydrogen (secondary N) is 2. The maximum Gasteiger partial charge on any atom is 0.251 e. The lowest BCUT2D eigenvalue weighted by Gasteiger charge is -2.28. The molecule has 0 radical (unpaired) electrons. The van der Waals surface area contributed by atoms with Gasteiger partial charge in [-0.2, -0.15) is 5.21 Å². The van der Waals surface area contributed by atoms with Gasteiger partial charge in [-0.15, -0.1) is 10.2 Å². The highest BCUT2D eigenvalue weighted by Gasteiger charge is 2.30. The van der Waals surface area contributed by atoms with E-state index < -0.39 is 31.3 Å². The van der Waals surface area contributed by atoms with Crippen molar-refractivity contribution in [1.29, 1.82) is 0 Å². The number of benzene rings is 1. The second-order valence-corrected chi connectivity index (χ2v) is 4.53. The van der Waals surface area contributed by atoms with Gasteiger partial charge in [0.15, 0.2) is 0 Å². The number of tetrazole rings is 1. The summed E-state index contributed by atoms with van der Waals surface area (Å²) in [5.41, 5.74) is -0.616. The molecule has 9 heteroatoms. The Balaban J connectivity index is 2.22. The van der Waals surface area contributed by atoms with Crippen molar-refractivity contribution in [1.82, 2.24) is 25.9 Å². The Labute approximate surface area is 119 Å². The van der Waals surface area contributed by atoms with Crippen molar-refractivity contribution in [3.63, 3.8) is 0 Å². The first-order valence-electron chi connectivity index (χ1n) is 6.13. The van der Waals surface area contributed by atoms with Gasteiger partial charge in [-0.3, -0.25) is 4.79 Å². The number of aromatic nitrogens is 4. The van der Waals surface area contributed by atoms with E-state index >= 15 is 0 Å². The molecule has 2 rings (SSSR count). The lowest BCUT2D eigenvalue weighted by Crippen LogP contribution is -2.57. The molecule has 0 unspecified atom stereocenters. The Morgan fingerprint density at radius 2 is 1.95 bits per heavy atom. The Morgan fingerprint density at radius 3 is 2.52 bits per heavy atom. The molecule has 5 N–H and O–H groups in total. The summed E-state index contributed by atoms with van der Waals surface area (Å²) in [6, 6.07) is 6.44. The summed E-state index contributed by atoms with van der Waals surface area (Å²) in [4.78, 5) is 12.2. The van der Waals surface area contributed by atoms with E-state index in [0.29, 0.717) is 11.4 Å². The molecule has 1 aromatic heterocycles. The van der Waals surface area contributed by atoms with Crippen LogP contribution in [-0.2, 0) is 0 Å². The first-order chi connectivity index (χ1) is 10.1. The van der Waals surface area contributed by atoms with Crippen LogP contribution in [0.5, 0.6) is 0 Å². The molecule has 0 aliphatic carbocycles. The number of carbonyl (C=O) groups excluding carboxylic acids is 1. The standard InChI is InChI=1S/C12H15N5O4/c18-5-12(6-19,7-20)13-11(21)9-3-1-2-8(4-9)10-14-16-17-15-10/h1-4,18-20H,5-7H2,(H,13,21)(H,14,15,16,17). The van der Waals surface area contributed by atoms with Gasteiger partial charge in [0.2, 0.25) is 5.82 Å². The van der Waals surface area contributed by atoms with Crippen molar-refractivity contribution in [2.75, 3.05) is 19.8 Å². The third kappa shape index (κ3) is 3.21. The molecule has 0 aliphatic rings. The summed E-state index contributed by atoms with van der Waals surface area (Å²) in [6.45, 7) is -1.76. The number of carbonyl (C=O) groups is 1. The fourth-order valence-electron chi connectivity index (χ4n) is 1.67. The summed E-state index contributed by atoms with van der Waals surface area (Å²) in [5, 5.41) is 43.4. The van der Waals surface area contributed by atoms with Gasteiger partial charge in [-0.1, -0.05) is 12.1 Å². The number of rotatable bonds is 6. The van der Waals surface area contributed by atoms with Crippen LogP contribution in [0, 0.1) is 0 Å². The third-order valence-electron chi connectivity index (χ3n) is 3.01. The zero-order valence-corrected chi connectivity index (χ0v) is 11.0. The van der Waals surface area contributed by atoms with E-state index in [1.54, 1.807) is 18.2 Å². The van der Waals surface area contributed by atoms with Crippen molar-refractivity contribution < 1.29 is 20.1 Å². The lowest BCUT2D eigenvalue weighted by molar-refractivity contribution is 0.0375. The molecule has 0 spiro atoms. The highest BCUT2D eigenvalue weighted by atomic mass is 16.3. The first-order valence-corrected chi connectivity index (χ1v) is 6.13. The summed E-state index contributed by atoms with van der Waals surface area (Å²) >= 11 is 0. The average molecular weight is 293 g/mol. The fourth-order valence-corrected chi connectivity index (χ4v) is 1.67. The number of amides is 1. The molecule has 0 saturated carbocycles. The van der Waals surface area contributed by atoms with E-state index in [9.17, 15) is 20.1 Å². The third-order valence-corrected chi connectivity index (χ3v) is 3.01. The molecular formula is C12H15N5O4. The van der Waals surface area contributed by atoms with Crippen LogP contribution in [0.25, 0.3) is 11.4 Å². The number of aliphatic hydroxyl groups excluding tert-OH is 3. The lowest BCUT2D eigenvalue weighted by atomic mass is 10.0. The van der Waals surface area contributed by atoms with Crippen LogP contribution in [0.15, 0.2) is 24.3 Å². The van der Waals surface area contributed by atoms with E-state index in [1.807, 2.05) is 0 Å². The number of aromatic amines is 1. The Morgan fingerprint density at radius 1 is 1.24 bits per heavy atom. The maximum absolute atomic E-state index is 12.2. The Hall–Kier alpha value is -2.36. The number of nitrogens with zero attached hydrogens (tertiary/aromatic N) is 3. The molecular weight excluding hydrogens is 278 g/mol. The van der Waals surface area contributed by atoms with Gasteiger partial charge in [-0.05, 0) is 17.3 Å². The van der Waals surface area contributed by atoms with Gasteiger partial charge in [0.1, 0.15) is 5.54 Å². The molecule has 0 fully saturated rings. The quantitative estimate of drug-likeness (QED) is 0.427. The van der Waals surface area contributed by atoms with E-state index in [1.165, 1.54) is 6.07 Å². The van der Waals surface area contributed by atoms with Gasteiger partial charge in [0.25, 0.3) is 5.91 Å². The molecule has 1 amide bonds. The monoisotopic (exact) mass is 293 g/mol. The Kier molecular flexibility index (Phi) is 4.58. The van der Waals surface area contributed by atoms with E-state index in [2.05, 4.69) is 25.9 Å². The predicted octanol–water partition coefficient (Wildman–Crippen LogP) is -1.69. The average Bonchev–Trinajstić information content (AvgIpc) is 3.07. The topological polar surface area (TPSA) is 144 Å². The number of hydrogen-bond acceptors (Lipinski definition) is 7. The van der Waals surface area contributed by atoms with E-state index in [4.69, 9.17) is 0 Å². The normalized spacial score (nSPS) is 11.4. The highest BCUT2D eigenvalue weighted by Crippen LogP contribution is 2.15.